The topological polar surface area (TPSA) is 32.3 Å². The van der Waals surface area contributed by atoms with Crippen LogP contribution < -0.4 is 5.32 Å². The van der Waals surface area contributed by atoms with E-state index < -0.39 is 0 Å². The van der Waals surface area contributed by atoms with E-state index in [0.29, 0.717) is 0 Å². The maximum absolute atomic E-state index is 9.67. The molecule has 1 aromatic rings. The van der Waals surface area contributed by atoms with Crippen LogP contribution in [0.3, 0.4) is 0 Å². The van der Waals surface area contributed by atoms with Gasteiger partial charge in [-0.25, -0.2) is 0 Å². The molecule has 1 aliphatic heterocycles. The largest absolute Gasteiger partial charge is 0.391 e. The second kappa shape index (κ2) is 3.38. The zero-order valence-corrected chi connectivity index (χ0v) is 7.83. The summed E-state index contributed by atoms with van der Waals surface area (Å²) in [5, 5.41) is 13.0. The predicted octanol–water partition coefficient (Wildman–Crippen LogP) is 1.79. The summed E-state index contributed by atoms with van der Waals surface area (Å²) in [6, 6.07) is 8.46. The molecule has 0 aliphatic carbocycles. The fourth-order valence-corrected chi connectivity index (χ4v) is 1.84. The summed E-state index contributed by atoms with van der Waals surface area (Å²) in [5.41, 5.74) is 2.50. The second-order valence-electron chi connectivity index (χ2n) is 3.59. The Labute approximate surface area is 78.6 Å². The zero-order chi connectivity index (χ0) is 9.26. The summed E-state index contributed by atoms with van der Waals surface area (Å²) in [7, 11) is 0. The molecule has 2 nitrogen and oxygen atoms in total. The van der Waals surface area contributed by atoms with Crippen molar-refractivity contribution in [1.82, 2.24) is 0 Å². The van der Waals surface area contributed by atoms with Crippen LogP contribution in [-0.4, -0.2) is 17.3 Å². The van der Waals surface area contributed by atoms with Crippen molar-refractivity contribution in [3.63, 3.8) is 0 Å². The Morgan fingerprint density at radius 2 is 2.31 bits per heavy atom. The molecule has 0 radical (unpaired) electrons. The van der Waals surface area contributed by atoms with Crippen LogP contribution in [0.5, 0.6) is 0 Å². The number of fused-ring (bicyclic) bond motifs is 1. The molecule has 1 aliphatic rings. The first kappa shape index (κ1) is 8.57. The van der Waals surface area contributed by atoms with E-state index in [0.717, 1.165) is 12.8 Å². The van der Waals surface area contributed by atoms with Crippen LogP contribution in [0.2, 0.25) is 0 Å². The molecule has 2 heteroatoms. The Morgan fingerprint density at radius 3 is 3.00 bits per heavy atom. The predicted molar refractivity (Wildman–Crippen MR) is 53.9 cm³/mol. The molecule has 0 spiro atoms. The first-order valence-corrected chi connectivity index (χ1v) is 4.83. The summed E-state index contributed by atoms with van der Waals surface area (Å²) in [6.45, 7) is 2.01. The highest BCUT2D eigenvalue weighted by Gasteiger charge is 2.24. The van der Waals surface area contributed by atoms with Crippen LogP contribution in [-0.2, 0) is 6.42 Å². The summed E-state index contributed by atoms with van der Waals surface area (Å²) < 4.78 is 0. The normalized spacial score (nSPS) is 22.2. The Morgan fingerprint density at radius 1 is 1.54 bits per heavy atom. The Bertz CT molecular complexity index is 273. The van der Waals surface area contributed by atoms with Crippen molar-refractivity contribution in [3.05, 3.63) is 29.8 Å². The van der Waals surface area contributed by atoms with Gasteiger partial charge in [0, 0.05) is 5.69 Å². The number of hydrogen-bond donors (Lipinski definition) is 2. The number of hydrogen-bond acceptors (Lipinski definition) is 2. The SMILES string of the molecule is CCC(O)C1Cc2ccccc2N1. The fourth-order valence-electron chi connectivity index (χ4n) is 1.84. The van der Waals surface area contributed by atoms with E-state index in [1.54, 1.807) is 0 Å². The van der Waals surface area contributed by atoms with Crippen molar-refractivity contribution in [2.45, 2.75) is 31.9 Å². The summed E-state index contributed by atoms with van der Waals surface area (Å²) in [5.74, 6) is 0. The summed E-state index contributed by atoms with van der Waals surface area (Å²) in [4.78, 5) is 0. The molecule has 0 amide bonds. The Balaban J connectivity index is 2.14. The van der Waals surface area contributed by atoms with Crippen molar-refractivity contribution in [1.29, 1.82) is 0 Å². The van der Waals surface area contributed by atoms with Gasteiger partial charge in [-0.05, 0) is 24.5 Å². The fraction of sp³-hybridized carbons (Fsp3) is 0.455. The average molecular weight is 177 g/mol. The van der Waals surface area contributed by atoms with Crippen LogP contribution in [0.1, 0.15) is 18.9 Å². The molecule has 2 rings (SSSR count). The second-order valence-corrected chi connectivity index (χ2v) is 3.59. The average Bonchev–Trinajstić information content (AvgIpc) is 2.59. The van der Waals surface area contributed by atoms with E-state index >= 15 is 0 Å². The summed E-state index contributed by atoms with van der Waals surface area (Å²) in [6.07, 6.45) is 1.53. The number of rotatable bonds is 2. The van der Waals surface area contributed by atoms with Gasteiger partial charge >= 0.3 is 0 Å². The van der Waals surface area contributed by atoms with Gasteiger partial charge in [-0.1, -0.05) is 25.1 Å². The highest BCUT2D eigenvalue weighted by atomic mass is 16.3. The smallest absolute Gasteiger partial charge is 0.0741 e. The number of para-hydroxylation sites is 1. The minimum atomic E-state index is -0.229. The number of anilines is 1. The van der Waals surface area contributed by atoms with Crippen LogP contribution in [0.15, 0.2) is 24.3 Å². The molecule has 1 heterocycles. The van der Waals surface area contributed by atoms with Gasteiger partial charge in [-0.2, -0.15) is 0 Å². The van der Waals surface area contributed by atoms with Gasteiger partial charge in [0.05, 0.1) is 12.1 Å². The van der Waals surface area contributed by atoms with Gasteiger partial charge in [-0.15, -0.1) is 0 Å². The lowest BCUT2D eigenvalue weighted by Gasteiger charge is -2.16. The molecule has 2 atom stereocenters. The lowest BCUT2D eigenvalue weighted by molar-refractivity contribution is 0.150. The minimum absolute atomic E-state index is 0.211. The first-order chi connectivity index (χ1) is 6.31. The highest BCUT2D eigenvalue weighted by molar-refractivity contribution is 5.56. The molecule has 0 bridgehead atoms. The van der Waals surface area contributed by atoms with Crippen LogP contribution in [0.25, 0.3) is 0 Å². The van der Waals surface area contributed by atoms with Crippen LogP contribution in [0, 0.1) is 0 Å². The Kier molecular flexibility index (Phi) is 2.23. The van der Waals surface area contributed by atoms with E-state index in [9.17, 15) is 5.11 Å². The molecule has 2 unspecified atom stereocenters. The highest BCUT2D eigenvalue weighted by Crippen LogP contribution is 2.26. The first-order valence-electron chi connectivity index (χ1n) is 4.83. The number of nitrogens with one attached hydrogen (secondary N) is 1. The van der Waals surface area contributed by atoms with Crippen molar-refractivity contribution < 1.29 is 5.11 Å². The molecular weight excluding hydrogens is 162 g/mol. The van der Waals surface area contributed by atoms with E-state index in [-0.39, 0.29) is 12.1 Å². The van der Waals surface area contributed by atoms with Crippen LogP contribution in [0.4, 0.5) is 5.69 Å². The molecule has 2 N–H and O–H groups in total. The molecule has 70 valence electrons. The molecule has 0 fully saturated rings. The van der Waals surface area contributed by atoms with E-state index in [1.807, 2.05) is 19.1 Å². The van der Waals surface area contributed by atoms with Gasteiger partial charge in [-0.3, -0.25) is 0 Å². The quantitative estimate of drug-likeness (QED) is 0.722. The third kappa shape index (κ3) is 1.54. The van der Waals surface area contributed by atoms with E-state index in [1.165, 1.54) is 11.3 Å². The maximum atomic E-state index is 9.67. The van der Waals surface area contributed by atoms with Crippen LogP contribution >= 0.6 is 0 Å². The van der Waals surface area contributed by atoms with E-state index in [4.69, 9.17) is 0 Å². The lowest BCUT2D eigenvalue weighted by atomic mass is 10.0. The van der Waals surface area contributed by atoms with Gasteiger partial charge < -0.3 is 10.4 Å². The third-order valence-corrected chi connectivity index (χ3v) is 2.68. The maximum Gasteiger partial charge on any atom is 0.0741 e. The van der Waals surface area contributed by atoms with Crippen molar-refractivity contribution in [2.75, 3.05) is 5.32 Å². The van der Waals surface area contributed by atoms with Gasteiger partial charge in [0.25, 0.3) is 0 Å². The standard InChI is InChI=1S/C11H15NO/c1-2-11(13)10-7-8-5-3-4-6-9(8)12-10/h3-6,10-13H,2,7H2,1H3. The van der Waals surface area contributed by atoms with Crippen molar-refractivity contribution >= 4 is 5.69 Å². The molecule has 0 aromatic heterocycles. The molecule has 0 saturated carbocycles. The summed E-state index contributed by atoms with van der Waals surface area (Å²) >= 11 is 0. The molecule has 0 saturated heterocycles. The monoisotopic (exact) mass is 177 g/mol. The third-order valence-electron chi connectivity index (χ3n) is 2.68. The number of aliphatic hydroxyl groups excluding tert-OH is 1. The molecule has 13 heavy (non-hydrogen) atoms. The zero-order valence-electron chi connectivity index (χ0n) is 7.83. The molecular formula is C11H15NO. The Hall–Kier alpha value is -1.02. The number of aliphatic hydroxyl groups is 1. The molecule has 1 aromatic carbocycles. The van der Waals surface area contributed by atoms with Crippen molar-refractivity contribution in [3.8, 4) is 0 Å². The number of benzene rings is 1. The minimum Gasteiger partial charge on any atom is -0.391 e. The van der Waals surface area contributed by atoms with Gasteiger partial charge in [0.2, 0.25) is 0 Å². The van der Waals surface area contributed by atoms with Gasteiger partial charge in [0.15, 0.2) is 0 Å². The van der Waals surface area contributed by atoms with Crippen molar-refractivity contribution in [2.24, 2.45) is 0 Å². The van der Waals surface area contributed by atoms with E-state index in [2.05, 4.69) is 17.4 Å². The lowest BCUT2D eigenvalue weighted by Crippen LogP contribution is -2.30. The van der Waals surface area contributed by atoms with Gasteiger partial charge in [0.1, 0.15) is 0 Å².